The summed E-state index contributed by atoms with van der Waals surface area (Å²) < 4.78 is 5.23. The lowest BCUT2D eigenvalue weighted by molar-refractivity contribution is 0.553. The number of nitrogens with one attached hydrogen (secondary N) is 1. The molecular weight excluding hydrogens is 204 g/mol. The first-order valence-corrected chi connectivity index (χ1v) is 5.22. The largest absolute Gasteiger partial charge is 0.408 e. The fraction of sp³-hybridized carbons (Fsp3) is 0.250. The third-order valence-corrected chi connectivity index (χ3v) is 2.88. The van der Waals surface area contributed by atoms with E-state index in [1.807, 2.05) is 5.38 Å². The highest BCUT2D eigenvalue weighted by Gasteiger charge is 2.09. The molecule has 2 aromatic heterocycles. The monoisotopic (exact) mass is 212 g/mol. The van der Waals surface area contributed by atoms with Crippen molar-refractivity contribution in [1.29, 1.82) is 0 Å². The topological polar surface area (TPSA) is 41.8 Å². The van der Waals surface area contributed by atoms with E-state index in [-0.39, 0.29) is 0 Å². The lowest BCUT2D eigenvalue weighted by Crippen LogP contribution is -1.80. The number of aryl methyl sites for hydroxylation is 1. The number of hydrogen-bond donors (Lipinski definition) is 1. The molecule has 0 aromatic carbocycles. The Balaban J connectivity index is 2.51. The molecule has 5 heteroatoms. The van der Waals surface area contributed by atoms with Crippen LogP contribution in [0.15, 0.2) is 15.9 Å². The Hall–Kier alpha value is -0.940. The molecule has 2 heterocycles. The maximum Gasteiger partial charge on any atom is 0.284 e. The first-order valence-electron chi connectivity index (χ1n) is 3.93. The molecule has 2 rings (SSSR count). The molecule has 0 atom stereocenters. The third kappa shape index (κ3) is 1.57. The average molecular weight is 212 g/mol. The van der Waals surface area contributed by atoms with Crippen molar-refractivity contribution in [3.8, 4) is 10.8 Å². The van der Waals surface area contributed by atoms with Gasteiger partial charge >= 0.3 is 0 Å². The number of aromatic nitrogens is 2. The first kappa shape index (κ1) is 8.65. The second-order valence-electron chi connectivity index (χ2n) is 2.55. The van der Waals surface area contributed by atoms with E-state index >= 15 is 0 Å². The molecule has 0 aliphatic heterocycles. The van der Waals surface area contributed by atoms with Crippen LogP contribution >= 0.6 is 23.6 Å². The van der Waals surface area contributed by atoms with Crippen LogP contribution in [0.5, 0.6) is 0 Å². The van der Waals surface area contributed by atoms with Crippen LogP contribution in [0.3, 0.4) is 0 Å². The highest BCUT2D eigenvalue weighted by Crippen LogP contribution is 2.28. The standard InChI is InChI=1S/C8H8N2OS2/c1-2-5-3-4-13-6(5)7-9-10-8(12)11-7/h3-4H,2H2,1H3,(H,10,12). The van der Waals surface area contributed by atoms with Gasteiger partial charge in [0.2, 0.25) is 0 Å². The molecule has 3 nitrogen and oxygen atoms in total. The molecule has 68 valence electrons. The highest BCUT2D eigenvalue weighted by molar-refractivity contribution is 7.71. The molecule has 0 radical (unpaired) electrons. The van der Waals surface area contributed by atoms with Crippen LogP contribution < -0.4 is 0 Å². The quantitative estimate of drug-likeness (QED) is 0.778. The molecule has 0 saturated carbocycles. The zero-order valence-electron chi connectivity index (χ0n) is 7.03. The molecule has 0 saturated heterocycles. The van der Waals surface area contributed by atoms with Crippen molar-refractivity contribution in [2.75, 3.05) is 0 Å². The van der Waals surface area contributed by atoms with E-state index in [2.05, 4.69) is 23.2 Å². The second-order valence-corrected chi connectivity index (χ2v) is 3.83. The Labute approximate surface area is 84.4 Å². The lowest BCUT2D eigenvalue weighted by atomic mass is 10.2. The Morgan fingerprint density at radius 3 is 3.15 bits per heavy atom. The summed E-state index contributed by atoms with van der Waals surface area (Å²) in [5, 5.41) is 8.62. The van der Waals surface area contributed by atoms with Crippen molar-refractivity contribution in [1.82, 2.24) is 10.2 Å². The minimum absolute atomic E-state index is 0.324. The molecule has 0 unspecified atom stereocenters. The second kappa shape index (κ2) is 3.43. The van der Waals surface area contributed by atoms with Gasteiger partial charge in [0.25, 0.3) is 10.7 Å². The summed E-state index contributed by atoms with van der Waals surface area (Å²) in [7, 11) is 0. The van der Waals surface area contributed by atoms with Gasteiger partial charge in [-0.3, -0.25) is 0 Å². The predicted octanol–water partition coefficient (Wildman–Crippen LogP) is 3.02. The molecule has 13 heavy (non-hydrogen) atoms. The lowest BCUT2D eigenvalue weighted by Gasteiger charge is -1.92. The van der Waals surface area contributed by atoms with Gasteiger partial charge in [-0.1, -0.05) is 6.92 Å². The summed E-state index contributed by atoms with van der Waals surface area (Å²) in [6.45, 7) is 2.10. The highest BCUT2D eigenvalue weighted by atomic mass is 32.1. The van der Waals surface area contributed by atoms with Crippen LogP contribution in [-0.2, 0) is 6.42 Å². The minimum atomic E-state index is 0.324. The van der Waals surface area contributed by atoms with Crippen molar-refractivity contribution >= 4 is 23.6 Å². The van der Waals surface area contributed by atoms with Gasteiger partial charge in [-0.15, -0.1) is 16.4 Å². The van der Waals surface area contributed by atoms with Crippen LogP contribution in [0.4, 0.5) is 0 Å². The maximum atomic E-state index is 5.23. The molecule has 0 amide bonds. The SMILES string of the molecule is CCc1ccsc1-c1n[nH]c(=S)o1. The van der Waals surface area contributed by atoms with Crippen molar-refractivity contribution in [3.63, 3.8) is 0 Å². The summed E-state index contributed by atoms with van der Waals surface area (Å²) >= 11 is 6.42. The fourth-order valence-corrected chi connectivity index (χ4v) is 2.17. The molecule has 2 aromatic rings. The fourth-order valence-electron chi connectivity index (χ4n) is 1.13. The zero-order valence-corrected chi connectivity index (χ0v) is 8.67. The van der Waals surface area contributed by atoms with Gasteiger partial charge in [-0.05, 0) is 35.6 Å². The van der Waals surface area contributed by atoms with E-state index in [1.54, 1.807) is 11.3 Å². The van der Waals surface area contributed by atoms with Crippen LogP contribution in [0, 0.1) is 4.84 Å². The molecular formula is C8H8N2OS2. The van der Waals surface area contributed by atoms with Gasteiger partial charge < -0.3 is 4.42 Å². The molecule has 0 bridgehead atoms. The van der Waals surface area contributed by atoms with Crippen LogP contribution in [0.1, 0.15) is 12.5 Å². The van der Waals surface area contributed by atoms with E-state index in [0.717, 1.165) is 11.3 Å². The summed E-state index contributed by atoms with van der Waals surface area (Å²) in [5.74, 6) is 0.594. The summed E-state index contributed by atoms with van der Waals surface area (Å²) in [5.41, 5.74) is 1.25. The van der Waals surface area contributed by atoms with E-state index in [9.17, 15) is 0 Å². The van der Waals surface area contributed by atoms with Crippen molar-refractivity contribution in [2.45, 2.75) is 13.3 Å². The van der Waals surface area contributed by atoms with Gasteiger partial charge in [0.15, 0.2) is 0 Å². The van der Waals surface area contributed by atoms with Crippen molar-refractivity contribution in [3.05, 3.63) is 21.8 Å². The van der Waals surface area contributed by atoms with Crippen LogP contribution in [0.25, 0.3) is 10.8 Å². The number of H-pyrrole nitrogens is 1. The first-order chi connectivity index (χ1) is 6.31. The van der Waals surface area contributed by atoms with Gasteiger partial charge in [0, 0.05) is 0 Å². The Bertz CT molecular complexity index is 454. The predicted molar refractivity (Wildman–Crippen MR) is 54.4 cm³/mol. The smallest absolute Gasteiger partial charge is 0.284 e. The minimum Gasteiger partial charge on any atom is -0.408 e. The summed E-state index contributed by atoms with van der Waals surface area (Å²) in [6.07, 6.45) is 0.980. The van der Waals surface area contributed by atoms with Gasteiger partial charge in [0.1, 0.15) is 0 Å². The number of nitrogens with zero attached hydrogens (tertiary/aromatic N) is 1. The van der Waals surface area contributed by atoms with Gasteiger partial charge in [0.05, 0.1) is 4.88 Å². The zero-order chi connectivity index (χ0) is 9.26. The van der Waals surface area contributed by atoms with Crippen LogP contribution in [0.2, 0.25) is 0 Å². The average Bonchev–Trinajstić information content (AvgIpc) is 2.71. The van der Waals surface area contributed by atoms with Crippen molar-refractivity contribution in [2.24, 2.45) is 0 Å². The van der Waals surface area contributed by atoms with Gasteiger partial charge in [-0.2, -0.15) is 0 Å². The summed E-state index contributed by atoms with van der Waals surface area (Å²) in [6, 6.07) is 2.08. The van der Waals surface area contributed by atoms with Gasteiger partial charge in [-0.25, -0.2) is 5.10 Å². The molecule has 0 spiro atoms. The molecule has 0 aliphatic rings. The number of thiophene rings is 1. The molecule has 1 N–H and O–H groups in total. The molecule has 0 aliphatic carbocycles. The normalized spacial score (nSPS) is 10.5. The number of aromatic amines is 1. The number of hydrogen-bond acceptors (Lipinski definition) is 4. The Morgan fingerprint density at radius 1 is 1.69 bits per heavy atom. The van der Waals surface area contributed by atoms with E-state index in [1.165, 1.54) is 5.56 Å². The number of rotatable bonds is 2. The third-order valence-electron chi connectivity index (χ3n) is 1.76. The summed E-state index contributed by atoms with van der Waals surface area (Å²) in [4.78, 5) is 1.39. The molecule has 0 fully saturated rings. The Kier molecular flexibility index (Phi) is 2.28. The van der Waals surface area contributed by atoms with E-state index in [4.69, 9.17) is 16.6 Å². The Morgan fingerprint density at radius 2 is 2.54 bits per heavy atom. The van der Waals surface area contributed by atoms with E-state index in [0.29, 0.717) is 10.7 Å². The van der Waals surface area contributed by atoms with Crippen molar-refractivity contribution < 1.29 is 4.42 Å². The van der Waals surface area contributed by atoms with Crippen LogP contribution in [-0.4, -0.2) is 10.2 Å². The maximum absolute atomic E-state index is 5.23. The van der Waals surface area contributed by atoms with E-state index < -0.39 is 0 Å².